The van der Waals surface area contributed by atoms with Gasteiger partial charge in [-0.15, -0.1) is 0 Å². The van der Waals surface area contributed by atoms with Crippen LogP contribution in [0.4, 0.5) is 0 Å². The standard InChI is InChI=1S/C14H18OSe/c1-15-13-10-7-8-11(9-10)14(13)16-12-5-3-2-4-6-12/h2-6,10-11,13-14H,7-9H2,1H3/t10-,11+,13-,14-/m0/s1. The third-order valence-electron chi connectivity index (χ3n) is 4.05. The Morgan fingerprint density at radius 3 is 2.62 bits per heavy atom. The molecule has 0 aliphatic heterocycles. The molecule has 0 N–H and O–H groups in total. The average Bonchev–Trinajstić information content (AvgIpc) is 2.91. The summed E-state index contributed by atoms with van der Waals surface area (Å²) in [6.45, 7) is 0. The molecule has 1 aromatic rings. The first-order valence-electron chi connectivity index (χ1n) is 6.13. The van der Waals surface area contributed by atoms with E-state index in [4.69, 9.17) is 4.74 Å². The molecular formula is C14H18OSe. The van der Waals surface area contributed by atoms with Crippen LogP contribution >= 0.6 is 0 Å². The first-order valence-corrected chi connectivity index (χ1v) is 7.97. The summed E-state index contributed by atoms with van der Waals surface area (Å²) >= 11 is 0.599. The predicted molar refractivity (Wildman–Crippen MR) is 67.2 cm³/mol. The van der Waals surface area contributed by atoms with Crippen molar-refractivity contribution in [2.24, 2.45) is 11.8 Å². The minimum atomic E-state index is 0.555. The Balaban J connectivity index is 1.75. The Morgan fingerprint density at radius 2 is 1.88 bits per heavy atom. The molecule has 16 heavy (non-hydrogen) atoms. The molecule has 2 aliphatic carbocycles. The van der Waals surface area contributed by atoms with Crippen molar-refractivity contribution in [1.29, 1.82) is 0 Å². The number of hydrogen-bond donors (Lipinski definition) is 0. The topological polar surface area (TPSA) is 9.23 Å². The van der Waals surface area contributed by atoms with Crippen molar-refractivity contribution >= 4 is 19.4 Å². The molecule has 0 spiro atoms. The number of fused-ring (bicyclic) bond motifs is 2. The number of methoxy groups -OCH3 is 1. The second-order valence-electron chi connectivity index (χ2n) is 4.93. The molecule has 86 valence electrons. The zero-order chi connectivity index (χ0) is 11.0. The van der Waals surface area contributed by atoms with Crippen molar-refractivity contribution in [3.63, 3.8) is 0 Å². The number of hydrogen-bond acceptors (Lipinski definition) is 1. The SMILES string of the molecule is CO[C@H]1[C@H]2CC[C@H](C2)[C@@H]1[Se]c1ccccc1. The molecule has 1 aromatic carbocycles. The first-order chi connectivity index (χ1) is 7.88. The molecule has 0 aromatic heterocycles. The zero-order valence-electron chi connectivity index (χ0n) is 9.63. The third kappa shape index (κ3) is 1.83. The van der Waals surface area contributed by atoms with Crippen LogP contribution < -0.4 is 4.46 Å². The maximum atomic E-state index is 5.75. The number of ether oxygens (including phenoxy) is 1. The van der Waals surface area contributed by atoms with E-state index < -0.39 is 0 Å². The van der Waals surface area contributed by atoms with Gasteiger partial charge >= 0.3 is 104 Å². The van der Waals surface area contributed by atoms with Gasteiger partial charge in [-0.25, -0.2) is 0 Å². The molecule has 4 atom stereocenters. The Bertz CT molecular complexity index is 351. The molecule has 2 bridgehead atoms. The predicted octanol–water partition coefficient (Wildman–Crippen LogP) is 2.25. The van der Waals surface area contributed by atoms with E-state index in [9.17, 15) is 0 Å². The summed E-state index contributed by atoms with van der Waals surface area (Å²) in [7, 11) is 1.90. The van der Waals surface area contributed by atoms with E-state index in [0.717, 1.165) is 16.7 Å². The summed E-state index contributed by atoms with van der Waals surface area (Å²) in [4.78, 5) is 0.832. The monoisotopic (exact) mass is 282 g/mol. The second kappa shape index (κ2) is 4.52. The summed E-state index contributed by atoms with van der Waals surface area (Å²) < 4.78 is 7.28. The van der Waals surface area contributed by atoms with Crippen LogP contribution in [0.1, 0.15) is 19.3 Å². The molecule has 2 saturated carbocycles. The molecule has 0 radical (unpaired) electrons. The number of rotatable bonds is 3. The van der Waals surface area contributed by atoms with Crippen LogP contribution in [0.5, 0.6) is 0 Å². The van der Waals surface area contributed by atoms with Crippen molar-refractivity contribution in [3.05, 3.63) is 30.3 Å². The average molecular weight is 281 g/mol. The molecule has 2 aliphatic rings. The molecule has 3 rings (SSSR count). The molecule has 0 unspecified atom stereocenters. The van der Waals surface area contributed by atoms with Crippen LogP contribution in [0.2, 0.25) is 4.82 Å². The van der Waals surface area contributed by atoms with Gasteiger partial charge in [0.2, 0.25) is 0 Å². The summed E-state index contributed by atoms with van der Waals surface area (Å²) in [5.74, 6) is 1.82. The first kappa shape index (κ1) is 10.8. The summed E-state index contributed by atoms with van der Waals surface area (Å²) in [5.41, 5.74) is 0. The minimum absolute atomic E-state index is 0.555. The van der Waals surface area contributed by atoms with Crippen LogP contribution in [0, 0.1) is 11.8 Å². The molecular weight excluding hydrogens is 263 g/mol. The van der Waals surface area contributed by atoms with Crippen molar-refractivity contribution < 1.29 is 4.74 Å². The van der Waals surface area contributed by atoms with E-state index in [1.807, 2.05) is 7.11 Å². The van der Waals surface area contributed by atoms with E-state index in [2.05, 4.69) is 30.3 Å². The quantitative estimate of drug-likeness (QED) is 0.772. The van der Waals surface area contributed by atoms with Crippen LogP contribution in [0.3, 0.4) is 0 Å². The maximum absolute atomic E-state index is 5.75. The molecule has 0 amide bonds. The van der Waals surface area contributed by atoms with Crippen LogP contribution in [-0.4, -0.2) is 28.2 Å². The summed E-state index contributed by atoms with van der Waals surface area (Å²) in [5, 5.41) is 0. The Hall–Kier alpha value is -0.301. The van der Waals surface area contributed by atoms with Gasteiger partial charge < -0.3 is 0 Å². The van der Waals surface area contributed by atoms with E-state index in [1.54, 1.807) is 0 Å². The van der Waals surface area contributed by atoms with Crippen molar-refractivity contribution in [3.8, 4) is 0 Å². The molecule has 0 heterocycles. The van der Waals surface area contributed by atoms with E-state index in [-0.39, 0.29) is 0 Å². The molecule has 1 nitrogen and oxygen atoms in total. The normalized spacial score (nSPS) is 36.8. The zero-order valence-corrected chi connectivity index (χ0v) is 11.3. The van der Waals surface area contributed by atoms with E-state index in [0.29, 0.717) is 21.1 Å². The van der Waals surface area contributed by atoms with Crippen molar-refractivity contribution in [1.82, 2.24) is 0 Å². The Kier molecular flexibility index (Phi) is 3.06. The van der Waals surface area contributed by atoms with Crippen LogP contribution in [0.15, 0.2) is 30.3 Å². The van der Waals surface area contributed by atoms with Crippen LogP contribution in [-0.2, 0) is 4.74 Å². The van der Waals surface area contributed by atoms with Gasteiger partial charge in [-0.1, -0.05) is 0 Å². The van der Waals surface area contributed by atoms with Gasteiger partial charge in [-0.2, -0.15) is 0 Å². The van der Waals surface area contributed by atoms with Gasteiger partial charge in [0.1, 0.15) is 0 Å². The van der Waals surface area contributed by atoms with E-state index >= 15 is 0 Å². The van der Waals surface area contributed by atoms with Gasteiger partial charge in [-0.05, 0) is 0 Å². The fourth-order valence-electron chi connectivity index (χ4n) is 3.33. The second-order valence-corrected chi connectivity index (χ2v) is 7.55. The fourth-order valence-corrected chi connectivity index (χ4v) is 6.55. The van der Waals surface area contributed by atoms with Crippen molar-refractivity contribution in [2.75, 3.05) is 7.11 Å². The van der Waals surface area contributed by atoms with Gasteiger partial charge in [0.05, 0.1) is 0 Å². The van der Waals surface area contributed by atoms with Crippen molar-refractivity contribution in [2.45, 2.75) is 30.2 Å². The molecule has 2 heteroatoms. The van der Waals surface area contributed by atoms with Gasteiger partial charge in [0, 0.05) is 0 Å². The Morgan fingerprint density at radius 1 is 1.12 bits per heavy atom. The van der Waals surface area contributed by atoms with Gasteiger partial charge in [0.15, 0.2) is 0 Å². The Labute approximate surface area is 104 Å². The summed E-state index contributed by atoms with van der Waals surface area (Å²) in [6, 6.07) is 11.0. The van der Waals surface area contributed by atoms with Gasteiger partial charge in [-0.3, -0.25) is 0 Å². The summed E-state index contributed by atoms with van der Waals surface area (Å²) in [6.07, 6.45) is 4.84. The van der Waals surface area contributed by atoms with Gasteiger partial charge in [0.25, 0.3) is 0 Å². The van der Waals surface area contributed by atoms with Crippen LogP contribution in [0.25, 0.3) is 0 Å². The third-order valence-corrected chi connectivity index (χ3v) is 7.14. The number of benzene rings is 1. The fraction of sp³-hybridized carbons (Fsp3) is 0.571. The van der Waals surface area contributed by atoms with E-state index in [1.165, 1.54) is 23.7 Å². The molecule has 0 saturated heterocycles. The molecule has 2 fully saturated rings.